The van der Waals surface area contributed by atoms with Gasteiger partial charge in [-0.25, -0.2) is 0 Å². The Morgan fingerprint density at radius 3 is 2.36 bits per heavy atom. The highest BCUT2D eigenvalue weighted by Gasteiger charge is 2.12. The van der Waals surface area contributed by atoms with Crippen molar-refractivity contribution >= 4 is 0 Å². The van der Waals surface area contributed by atoms with E-state index in [0.717, 1.165) is 19.5 Å². The van der Waals surface area contributed by atoms with Gasteiger partial charge in [0, 0.05) is 6.04 Å². The maximum atomic E-state index is 5.49. The molecular weight excluding hydrogens is 136 g/mol. The number of nitrogens with one attached hydrogen (secondary N) is 1. The van der Waals surface area contributed by atoms with Crippen LogP contribution in [0.1, 0.15) is 33.6 Å². The summed E-state index contributed by atoms with van der Waals surface area (Å²) in [6, 6.07) is 0.656. The average molecular weight is 158 g/mol. The molecule has 3 N–H and O–H groups in total. The van der Waals surface area contributed by atoms with Gasteiger partial charge in [-0.1, -0.05) is 20.8 Å². The van der Waals surface area contributed by atoms with Gasteiger partial charge in [0.2, 0.25) is 0 Å². The van der Waals surface area contributed by atoms with E-state index in [1.807, 2.05) is 0 Å². The predicted molar refractivity (Wildman–Crippen MR) is 50.6 cm³/mol. The maximum Gasteiger partial charge on any atom is 0.00904 e. The Balaban J connectivity index is 3.61. The Morgan fingerprint density at radius 1 is 1.36 bits per heavy atom. The zero-order valence-corrected chi connectivity index (χ0v) is 8.06. The van der Waals surface area contributed by atoms with Crippen LogP contribution in [-0.4, -0.2) is 19.1 Å². The van der Waals surface area contributed by atoms with Gasteiger partial charge in [-0.3, -0.25) is 0 Å². The van der Waals surface area contributed by atoms with Gasteiger partial charge in [-0.05, 0) is 31.8 Å². The van der Waals surface area contributed by atoms with E-state index in [9.17, 15) is 0 Å². The van der Waals surface area contributed by atoms with Crippen LogP contribution in [0.3, 0.4) is 0 Å². The molecule has 0 radical (unpaired) electrons. The molecule has 2 heteroatoms. The maximum absolute atomic E-state index is 5.49. The quantitative estimate of drug-likeness (QED) is 0.612. The van der Waals surface area contributed by atoms with Crippen LogP contribution in [0.25, 0.3) is 0 Å². The lowest BCUT2D eigenvalue weighted by atomic mass is 9.96. The summed E-state index contributed by atoms with van der Waals surface area (Å²) >= 11 is 0. The van der Waals surface area contributed by atoms with Crippen LogP contribution in [0.15, 0.2) is 0 Å². The van der Waals surface area contributed by atoms with Crippen LogP contribution < -0.4 is 11.1 Å². The monoisotopic (exact) mass is 158 g/mol. The fourth-order valence-electron chi connectivity index (χ4n) is 1.47. The topological polar surface area (TPSA) is 38.0 Å². The largest absolute Gasteiger partial charge is 0.330 e. The standard InChI is InChI=1S/C9H22N2/c1-4-9(11-5-2)8(3)6-7-10/h8-9,11H,4-7,10H2,1-3H3. The Hall–Kier alpha value is -0.0800. The van der Waals surface area contributed by atoms with Crippen molar-refractivity contribution in [3.05, 3.63) is 0 Å². The normalized spacial score (nSPS) is 16.4. The van der Waals surface area contributed by atoms with Gasteiger partial charge in [0.15, 0.2) is 0 Å². The summed E-state index contributed by atoms with van der Waals surface area (Å²) in [6.07, 6.45) is 2.33. The van der Waals surface area contributed by atoms with Gasteiger partial charge < -0.3 is 11.1 Å². The lowest BCUT2D eigenvalue weighted by molar-refractivity contribution is 0.358. The minimum atomic E-state index is 0.656. The van der Waals surface area contributed by atoms with Crippen molar-refractivity contribution in [1.29, 1.82) is 0 Å². The summed E-state index contributed by atoms with van der Waals surface area (Å²) in [5, 5.41) is 3.46. The summed E-state index contributed by atoms with van der Waals surface area (Å²) in [6.45, 7) is 8.51. The molecule has 11 heavy (non-hydrogen) atoms. The smallest absolute Gasteiger partial charge is 0.00904 e. The van der Waals surface area contributed by atoms with E-state index >= 15 is 0 Å². The van der Waals surface area contributed by atoms with E-state index in [2.05, 4.69) is 26.1 Å². The van der Waals surface area contributed by atoms with Crippen LogP contribution in [0, 0.1) is 5.92 Å². The molecule has 0 saturated carbocycles. The number of rotatable bonds is 6. The first-order chi connectivity index (χ1) is 5.26. The third kappa shape index (κ3) is 4.38. The van der Waals surface area contributed by atoms with Crippen LogP contribution in [-0.2, 0) is 0 Å². The van der Waals surface area contributed by atoms with Gasteiger partial charge in [0.1, 0.15) is 0 Å². The third-order valence-corrected chi connectivity index (χ3v) is 2.22. The molecule has 0 aromatic heterocycles. The molecule has 2 nitrogen and oxygen atoms in total. The highest BCUT2D eigenvalue weighted by Crippen LogP contribution is 2.09. The van der Waals surface area contributed by atoms with Crippen molar-refractivity contribution in [3.8, 4) is 0 Å². The van der Waals surface area contributed by atoms with Crippen LogP contribution >= 0.6 is 0 Å². The third-order valence-electron chi connectivity index (χ3n) is 2.22. The zero-order valence-electron chi connectivity index (χ0n) is 8.06. The molecule has 0 aromatic rings. The van der Waals surface area contributed by atoms with Crippen molar-refractivity contribution in [2.75, 3.05) is 13.1 Å². The first-order valence-electron chi connectivity index (χ1n) is 4.69. The van der Waals surface area contributed by atoms with Crippen molar-refractivity contribution in [3.63, 3.8) is 0 Å². The Morgan fingerprint density at radius 2 is 2.00 bits per heavy atom. The molecule has 0 fully saturated rings. The van der Waals surface area contributed by atoms with Crippen LogP contribution in [0.2, 0.25) is 0 Å². The van der Waals surface area contributed by atoms with Crippen molar-refractivity contribution < 1.29 is 0 Å². The molecule has 68 valence electrons. The molecule has 0 saturated heterocycles. The van der Waals surface area contributed by atoms with E-state index in [1.54, 1.807) is 0 Å². The summed E-state index contributed by atoms with van der Waals surface area (Å²) < 4.78 is 0. The Labute approximate surface area is 70.5 Å². The molecule has 0 rings (SSSR count). The SMILES string of the molecule is CCNC(CC)C(C)CCN. The second-order valence-electron chi connectivity index (χ2n) is 3.13. The molecule has 0 aromatic carbocycles. The first kappa shape index (κ1) is 10.9. The van der Waals surface area contributed by atoms with Gasteiger partial charge >= 0.3 is 0 Å². The van der Waals surface area contributed by atoms with E-state index in [4.69, 9.17) is 5.73 Å². The highest BCUT2D eigenvalue weighted by atomic mass is 14.9. The van der Waals surface area contributed by atoms with Gasteiger partial charge in [0.25, 0.3) is 0 Å². The van der Waals surface area contributed by atoms with Crippen LogP contribution in [0.5, 0.6) is 0 Å². The minimum absolute atomic E-state index is 0.656. The summed E-state index contributed by atoms with van der Waals surface area (Å²) in [7, 11) is 0. The van der Waals surface area contributed by atoms with E-state index < -0.39 is 0 Å². The lowest BCUT2D eigenvalue weighted by Crippen LogP contribution is -2.35. The van der Waals surface area contributed by atoms with Gasteiger partial charge in [-0.15, -0.1) is 0 Å². The van der Waals surface area contributed by atoms with Crippen molar-refractivity contribution in [2.45, 2.75) is 39.7 Å². The number of hydrogen-bond donors (Lipinski definition) is 2. The highest BCUT2D eigenvalue weighted by molar-refractivity contribution is 4.71. The molecule has 0 aliphatic carbocycles. The fourth-order valence-corrected chi connectivity index (χ4v) is 1.47. The van der Waals surface area contributed by atoms with E-state index in [0.29, 0.717) is 12.0 Å². The predicted octanol–water partition coefficient (Wildman–Crippen LogP) is 1.36. The molecule has 0 aliphatic heterocycles. The molecular formula is C9H22N2. The summed E-state index contributed by atoms with van der Waals surface area (Å²) in [5.41, 5.74) is 5.49. The Kier molecular flexibility index (Phi) is 6.57. The molecule has 2 atom stereocenters. The Bertz CT molecular complexity index is 83.6. The fraction of sp³-hybridized carbons (Fsp3) is 1.00. The first-order valence-corrected chi connectivity index (χ1v) is 4.69. The number of nitrogens with two attached hydrogens (primary N) is 1. The van der Waals surface area contributed by atoms with E-state index in [1.165, 1.54) is 6.42 Å². The molecule has 0 amide bonds. The number of hydrogen-bond acceptors (Lipinski definition) is 2. The molecule has 2 unspecified atom stereocenters. The van der Waals surface area contributed by atoms with Crippen LogP contribution in [0.4, 0.5) is 0 Å². The second-order valence-corrected chi connectivity index (χ2v) is 3.13. The van der Waals surface area contributed by atoms with Gasteiger partial charge in [0.05, 0.1) is 0 Å². The average Bonchev–Trinajstić information content (AvgIpc) is 2.00. The summed E-state index contributed by atoms with van der Waals surface area (Å²) in [5.74, 6) is 0.713. The molecule has 0 heterocycles. The minimum Gasteiger partial charge on any atom is -0.330 e. The summed E-state index contributed by atoms with van der Waals surface area (Å²) in [4.78, 5) is 0. The van der Waals surface area contributed by atoms with Crippen molar-refractivity contribution in [2.24, 2.45) is 11.7 Å². The second kappa shape index (κ2) is 6.62. The van der Waals surface area contributed by atoms with Crippen molar-refractivity contribution in [1.82, 2.24) is 5.32 Å². The zero-order chi connectivity index (χ0) is 8.69. The molecule has 0 spiro atoms. The lowest BCUT2D eigenvalue weighted by Gasteiger charge is -2.22. The van der Waals surface area contributed by atoms with E-state index in [-0.39, 0.29) is 0 Å². The molecule has 0 bridgehead atoms. The van der Waals surface area contributed by atoms with Gasteiger partial charge in [-0.2, -0.15) is 0 Å². The molecule has 0 aliphatic rings.